The predicted octanol–water partition coefficient (Wildman–Crippen LogP) is 3.43. The normalized spacial score (nSPS) is 30.7. The van der Waals surface area contributed by atoms with E-state index in [0.717, 1.165) is 12.3 Å². The highest BCUT2D eigenvalue weighted by Gasteiger charge is 2.57. The van der Waals surface area contributed by atoms with Crippen LogP contribution in [0.4, 0.5) is 17.6 Å². The fourth-order valence-corrected chi connectivity index (χ4v) is 5.73. The summed E-state index contributed by atoms with van der Waals surface area (Å²) in [5.74, 6) is -1.31. The van der Waals surface area contributed by atoms with Crippen molar-refractivity contribution in [3.05, 3.63) is 29.0 Å². The van der Waals surface area contributed by atoms with Crippen molar-refractivity contribution in [3.8, 4) is 5.75 Å². The number of aliphatic imine (C=N–C) groups is 1. The first-order valence-electron chi connectivity index (χ1n) is 12.4. The lowest BCUT2D eigenvalue weighted by Gasteiger charge is -2.59. The van der Waals surface area contributed by atoms with Gasteiger partial charge in [-0.15, -0.1) is 0 Å². The Labute approximate surface area is 222 Å². The molecule has 1 aliphatic heterocycles. The van der Waals surface area contributed by atoms with Crippen molar-refractivity contribution < 1.29 is 41.7 Å². The minimum absolute atomic E-state index is 0.0560. The maximum atomic E-state index is 13.6. The number of ether oxygens (including phenoxy) is 2. The van der Waals surface area contributed by atoms with Crippen LogP contribution >= 0.6 is 11.6 Å². The molecule has 3 atom stereocenters. The maximum absolute atomic E-state index is 13.6. The minimum Gasteiger partial charge on any atom is -0.484 e. The van der Waals surface area contributed by atoms with E-state index in [1.807, 2.05) is 0 Å². The van der Waals surface area contributed by atoms with Crippen molar-refractivity contribution in [3.63, 3.8) is 0 Å². The molecular formula is C25H30ClF4N3O5. The Balaban J connectivity index is 1.27. The molecule has 13 heteroatoms. The van der Waals surface area contributed by atoms with Crippen LogP contribution in [0.3, 0.4) is 0 Å². The zero-order valence-corrected chi connectivity index (χ0v) is 21.5. The molecule has 3 aliphatic carbocycles. The number of aliphatic hydroxyl groups is 1. The van der Waals surface area contributed by atoms with Crippen molar-refractivity contribution in [2.75, 3.05) is 20.3 Å². The van der Waals surface area contributed by atoms with E-state index in [4.69, 9.17) is 21.1 Å². The van der Waals surface area contributed by atoms with Gasteiger partial charge < -0.3 is 24.8 Å². The molecular weight excluding hydrogens is 534 g/mol. The van der Waals surface area contributed by atoms with E-state index in [1.165, 1.54) is 17.0 Å². The lowest BCUT2D eigenvalue weighted by atomic mass is 9.59. The van der Waals surface area contributed by atoms with Gasteiger partial charge in [-0.25, -0.2) is 4.39 Å². The van der Waals surface area contributed by atoms with Crippen molar-refractivity contribution in [1.82, 2.24) is 10.2 Å². The number of halogens is 5. The van der Waals surface area contributed by atoms with Gasteiger partial charge in [0.25, 0.3) is 5.91 Å². The summed E-state index contributed by atoms with van der Waals surface area (Å²) in [6, 6.07) is 2.12. The smallest absolute Gasteiger partial charge is 0.410 e. The number of nitrogens with one attached hydrogen (secondary N) is 1. The first kappa shape index (κ1) is 28.6. The van der Waals surface area contributed by atoms with Gasteiger partial charge in [-0.05, 0) is 57.1 Å². The molecule has 2 unspecified atom stereocenters. The molecule has 2 amide bonds. The molecule has 1 aromatic rings. The fourth-order valence-electron chi connectivity index (χ4n) is 5.61. The van der Waals surface area contributed by atoms with Crippen LogP contribution in [0, 0.1) is 5.82 Å². The van der Waals surface area contributed by atoms with Crippen LogP contribution in [-0.4, -0.2) is 83.8 Å². The summed E-state index contributed by atoms with van der Waals surface area (Å²) in [6.45, 7) is -0.684. The Bertz CT molecular complexity index is 1080. The van der Waals surface area contributed by atoms with Crippen LogP contribution in [-0.2, 0) is 14.3 Å². The second kappa shape index (κ2) is 11.0. The number of aliphatic hydroxyl groups excluding tert-OH is 1. The number of fused-ring (bicyclic) bond motifs is 3. The number of hydrogen-bond acceptors (Lipinski definition) is 6. The van der Waals surface area contributed by atoms with E-state index in [9.17, 15) is 32.3 Å². The number of likely N-dealkylation sites (N-methyl/N-ethyl adjacent to an activating group) is 1. The Morgan fingerprint density at radius 2 is 1.92 bits per heavy atom. The summed E-state index contributed by atoms with van der Waals surface area (Å²) in [6.07, 6.45) is -2.80. The fraction of sp³-hybridized carbons (Fsp3) is 0.640. The monoisotopic (exact) mass is 563 g/mol. The second-order valence-corrected chi connectivity index (χ2v) is 10.7. The third kappa shape index (κ3) is 6.07. The van der Waals surface area contributed by atoms with E-state index < -0.39 is 53.1 Å². The first-order valence-corrected chi connectivity index (χ1v) is 12.8. The molecule has 0 aromatic heterocycles. The van der Waals surface area contributed by atoms with Gasteiger partial charge >= 0.3 is 6.18 Å². The molecule has 2 N–H and O–H groups in total. The molecule has 3 fully saturated rings. The van der Waals surface area contributed by atoms with Gasteiger partial charge in [0.1, 0.15) is 24.2 Å². The average molecular weight is 564 g/mol. The third-order valence-corrected chi connectivity index (χ3v) is 8.25. The third-order valence-electron chi connectivity index (χ3n) is 7.94. The van der Waals surface area contributed by atoms with Crippen LogP contribution in [0.2, 0.25) is 5.02 Å². The van der Waals surface area contributed by atoms with Gasteiger partial charge in [0.15, 0.2) is 6.61 Å². The highest BCUT2D eigenvalue weighted by molar-refractivity contribution is 6.30. The quantitative estimate of drug-likeness (QED) is 0.472. The summed E-state index contributed by atoms with van der Waals surface area (Å²) in [4.78, 5) is 30.4. The SMILES string of the molecule is CN(C(=O)COC1C=NC(C(F)(F)F)CC1)C12CCC(NC(=O)COc3ccc(Cl)c(F)c3)(CC1)C[C@@H]2O. The Kier molecular flexibility index (Phi) is 8.25. The zero-order chi connectivity index (χ0) is 27.7. The summed E-state index contributed by atoms with van der Waals surface area (Å²) in [5, 5.41) is 13.9. The summed E-state index contributed by atoms with van der Waals surface area (Å²) in [5.41, 5.74) is -1.48. The topological polar surface area (TPSA) is 100 Å². The Morgan fingerprint density at radius 1 is 1.21 bits per heavy atom. The van der Waals surface area contributed by atoms with Crippen molar-refractivity contribution in [2.45, 2.75) is 80.4 Å². The lowest BCUT2D eigenvalue weighted by molar-refractivity contribution is -0.163. The predicted molar refractivity (Wildman–Crippen MR) is 130 cm³/mol. The summed E-state index contributed by atoms with van der Waals surface area (Å²) in [7, 11) is 1.58. The molecule has 3 saturated carbocycles. The van der Waals surface area contributed by atoms with E-state index in [2.05, 4.69) is 10.3 Å². The summed E-state index contributed by atoms with van der Waals surface area (Å²) < 4.78 is 62.7. The molecule has 2 bridgehead atoms. The standard InChI is InChI=1S/C25H30ClF4N3O5/c1-33(22(36)14-38-16-3-5-19(31-12-16)25(28,29)30)24-8-6-23(7-9-24,11-20(24)34)32-21(35)13-37-15-2-4-17(26)18(27)10-15/h2,4,10,12,16,19-20,34H,3,5-9,11,13-14H2,1H3,(H,32,35)/t16?,19?,20-,23?,24?/m0/s1. The number of amides is 2. The molecule has 5 rings (SSSR count). The second-order valence-electron chi connectivity index (χ2n) is 10.3. The van der Waals surface area contributed by atoms with Gasteiger partial charge in [-0.3, -0.25) is 14.6 Å². The number of benzene rings is 1. The molecule has 38 heavy (non-hydrogen) atoms. The zero-order valence-electron chi connectivity index (χ0n) is 20.8. The number of alkyl halides is 3. The molecule has 8 nitrogen and oxygen atoms in total. The maximum Gasteiger partial charge on any atom is 0.410 e. The number of rotatable bonds is 8. The minimum atomic E-state index is -4.40. The summed E-state index contributed by atoms with van der Waals surface area (Å²) >= 11 is 5.65. The lowest BCUT2D eigenvalue weighted by Crippen LogP contribution is -2.70. The van der Waals surface area contributed by atoms with Crippen LogP contribution in [0.15, 0.2) is 23.2 Å². The number of carbonyl (C=O) groups is 2. The molecule has 0 radical (unpaired) electrons. The number of nitrogens with zero attached hydrogens (tertiary/aromatic N) is 2. The number of carbonyl (C=O) groups excluding carboxylic acids is 2. The number of hydrogen-bond donors (Lipinski definition) is 2. The molecule has 210 valence electrons. The van der Waals surface area contributed by atoms with E-state index >= 15 is 0 Å². The van der Waals surface area contributed by atoms with Gasteiger partial charge in [0.2, 0.25) is 5.91 Å². The first-order chi connectivity index (χ1) is 17.8. The largest absolute Gasteiger partial charge is 0.484 e. The van der Waals surface area contributed by atoms with Crippen LogP contribution in [0.25, 0.3) is 0 Å². The van der Waals surface area contributed by atoms with Gasteiger partial charge in [0.05, 0.1) is 22.8 Å². The molecule has 1 aromatic carbocycles. The van der Waals surface area contributed by atoms with E-state index in [-0.39, 0.29) is 43.2 Å². The highest BCUT2D eigenvalue weighted by atomic mass is 35.5. The Hall–Kier alpha value is -2.44. The van der Waals surface area contributed by atoms with E-state index in [1.54, 1.807) is 7.05 Å². The van der Waals surface area contributed by atoms with Crippen LogP contribution in [0.5, 0.6) is 5.75 Å². The Morgan fingerprint density at radius 3 is 2.50 bits per heavy atom. The van der Waals surface area contributed by atoms with Gasteiger partial charge in [0, 0.05) is 24.9 Å². The molecule has 1 heterocycles. The van der Waals surface area contributed by atoms with Crippen LogP contribution in [0.1, 0.15) is 44.9 Å². The van der Waals surface area contributed by atoms with Crippen molar-refractivity contribution >= 4 is 29.6 Å². The molecule has 0 spiro atoms. The van der Waals surface area contributed by atoms with Crippen molar-refractivity contribution in [1.29, 1.82) is 0 Å². The van der Waals surface area contributed by atoms with Crippen molar-refractivity contribution in [2.24, 2.45) is 4.99 Å². The van der Waals surface area contributed by atoms with Gasteiger partial charge in [-0.2, -0.15) is 13.2 Å². The van der Waals surface area contributed by atoms with E-state index in [0.29, 0.717) is 25.7 Å². The van der Waals surface area contributed by atoms with Gasteiger partial charge in [-0.1, -0.05) is 11.6 Å². The average Bonchev–Trinajstić information content (AvgIpc) is 2.87. The highest BCUT2D eigenvalue weighted by Crippen LogP contribution is 2.49. The van der Waals surface area contributed by atoms with Crippen LogP contribution < -0.4 is 10.1 Å². The molecule has 0 saturated heterocycles. The molecule has 4 aliphatic rings.